The van der Waals surface area contributed by atoms with Crippen molar-refractivity contribution in [2.45, 2.75) is 44.4 Å². The van der Waals surface area contributed by atoms with Crippen LogP contribution in [0.2, 0.25) is 10.0 Å². The maximum absolute atomic E-state index is 12.1. The van der Waals surface area contributed by atoms with Gasteiger partial charge in [0.2, 0.25) is 11.8 Å². The van der Waals surface area contributed by atoms with E-state index in [2.05, 4.69) is 25.9 Å². The first kappa shape index (κ1) is 36.0. The highest BCUT2D eigenvalue weighted by Crippen LogP contribution is 2.42. The molecule has 1 unspecified atom stereocenters. The highest BCUT2D eigenvalue weighted by atomic mass is 35.5. The summed E-state index contributed by atoms with van der Waals surface area (Å²) >= 11 is 14.0. The third kappa shape index (κ3) is 8.46. The Morgan fingerprint density at radius 2 is 1.84 bits per heavy atom. The largest absolute Gasteiger partial charge is 0.495 e. The summed E-state index contributed by atoms with van der Waals surface area (Å²) in [6.07, 6.45) is 4.85. The molecule has 1 aromatic carbocycles. The third-order valence-corrected chi connectivity index (χ3v) is 9.01. The molecule has 258 valence electrons. The smallest absolute Gasteiger partial charge is 0.322 e. The van der Waals surface area contributed by atoms with Crippen molar-refractivity contribution < 1.29 is 28.9 Å². The Morgan fingerprint density at radius 3 is 2.55 bits per heavy atom. The number of nitrogens with one attached hydrogen (secondary N) is 3. The lowest BCUT2D eigenvalue weighted by atomic mass is 9.99. The van der Waals surface area contributed by atoms with Gasteiger partial charge in [-0.15, -0.1) is 0 Å². The Bertz CT molecular complexity index is 1810. The van der Waals surface area contributed by atoms with Crippen LogP contribution in [0.15, 0.2) is 54.9 Å². The Hall–Kier alpha value is -4.33. The van der Waals surface area contributed by atoms with Crippen molar-refractivity contribution in [3.8, 4) is 45.3 Å². The predicted octanol–water partition coefficient (Wildman–Crippen LogP) is 4.58. The topological polar surface area (TPSA) is 157 Å². The summed E-state index contributed by atoms with van der Waals surface area (Å²) in [5, 5.41) is 19.5. The van der Waals surface area contributed by atoms with Gasteiger partial charge in [-0.25, -0.2) is 4.98 Å². The SMILES string of the molecule is COC(=O)C(CCO)NCc1ncc(-c2nccc(-c3cccc(-c4ccc(CNC[C@@H]5CCC(=O)N5)c(OC)n4)c3Cl)c2Cl)cc1OC. The van der Waals surface area contributed by atoms with Gasteiger partial charge in [0.1, 0.15) is 11.8 Å². The van der Waals surface area contributed by atoms with E-state index >= 15 is 0 Å². The number of aliphatic hydroxyl groups is 1. The molecule has 1 aliphatic heterocycles. The second-order valence-electron chi connectivity index (χ2n) is 11.3. The summed E-state index contributed by atoms with van der Waals surface area (Å²) in [6.45, 7) is 1.21. The minimum Gasteiger partial charge on any atom is -0.495 e. The summed E-state index contributed by atoms with van der Waals surface area (Å²) < 4.78 is 16.0. The fourth-order valence-corrected chi connectivity index (χ4v) is 6.29. The van der Waals surface area contributed by atoms with E-state index in [1.54, 1.807) is 31.6 Å². The fourth-order valence-electron chi connectivity index (χ4n) is 5.64. The monoisotopic (exact) mass is 708 g/mol. The molecule has 5 rings (SSSR count). The summed E-state index contributed by atoms with van der Waals surface area (Å²) in [4.78, 5) is 37.4. The van der Waals surface area contributed by atoms with Crippen molar-refractivity contribution in [2.24, 2.45) is 0 Å². The van der Waals surface area contributed by atoms with Gasteiger partial charge in [0.15, 0.2) is 0 Å². The molecule has 3 aromatic heterocycles. The van der Waals surface area contributed by atoms with Gasteiger partial charge in [0.05, 0.1) is 48.5 Å². The highest BCUT2D eigenvalue weighted by molar-refractivity contribution is 6.39. The zero-order valence-corrected chi connectivity index (χ0v) is 28.9. The third-order valence-electron chi connectivity index (χ3n) is 8.22. The van der Waals surface area contributed by atoms with Crippen molar-refractivity contribution in [3.63, 3.8) is 0 Å². The van der Waals surface area contributed by atoms with E-state index in [0.29, 0.717) is 80.5 Å². The van der Waals surface area contributed by atoms with Gasteiger partial charge in [-0.2, -0.15) is 0 Å². The summed E-state index contributed by atoms with van der Waals surface area (Å²) in [7, 11) is 4.39. The summed E-state index contributed by atoms with van der Waals surface area (Å²) in [6, 6.07) is 12.5. The van der Waals surface area contributed by atoms with Gasteiger partial charge in [-0.1, -0.05) is 47.5 Å². The molecule has 0 saturated carbocycles. The Labute approximate surface area is 294 Å². The molecule has 4 aromatic rings. The number of ether oxygens (including phenoxy) is 3. The lowest BCUT2D eigenvalue weighted by Gasteiger charge is -2.17. The molecule has 1 amide bonds. The standard InChI is InChI=1S/C35H38Cl2N6O6/c1-47-29-15-21(17-40-28(29)19-41-27(12-14-44)35(46)49-3)33-32(37)24(11-13-39-33)23-5-4-6-25(31(23)36)26-9-7-20(34(43-26)48-2)16-38-18-22-8-10-30(45)42-22/h4-7,9,11,13,15,17,22,27,38,41,44H,8,10,12,14,16,18-19H2,1-3H3,(H,42,45)/t22-,27?/m0/s1. The molecular formula is C35H38Cl2N6O6. The molecule has 0 radical (unpaired) electrons. The molecule has 14 heteroatoms. The Balaban J connectivity index is 1.38. The molecule has 4 N–H and O–H groups in total. The molecule has 12 nitrogen and oxygen atoms in total. The molecular weight excluding hydrogens is 671 g/mol. The first-order valence-corrected chi connectivity index (χ1v) is 16.5. The van der Waals surface area contributed by atoms with Crippen molar-refractivity contribution in [1.29, 1.82) is 0 Å². The van der Waals surface area contributed by atoms with Crippen molar-refractivity contribution in [3.05, 3.63) is 76.2 Å². The van der Waals surface area contributed by atoms with E-state index in [1.807, 2.05) is 30.3 Å². The number of hydrogen-bond acceptors (Lipinski definition) is 11. The predicted molar refractivity (Wildman–Crippen MR) is 186 cm³/mol. The Morgan fingerprint density at radius 1 is 1.04 bits per heavy atom. The fraction of sp³-hybridized carbons (Fsp3) is 0.343. The van der Waals surface area contributed by atoms with Crippen LogP contribution in [0.4, 0.5) is 0 Å². The molecule has 1 aliphatic rings. The van der Waals surface area contributed by atoms with Gasteiger partial charge in [-0.05, 0) is 31.0 Å². The van der Waals surface area contributed by atoms with Crippen molar-refractivity contribution in [1.82, 2.24) is 30.9 Å². The molecule has 1 saturated heterocycles. The van der Waals surface area contributed by atoms with E-state index in [-0.39, 0.29) is 31.5 Å². The number of amides is 1. The van der Waals surface area contributed by atoms with Crippen LogP contribution in [-0.2, 0) is 27.4 Å². The van der Waals surface area contributed by atoms with Crippen LogP contribution in [0.3, 0.4) is 0 Å². The van der Waals surface area contributed by atoms with E-state index in [1.165, 1.54) is 14.2 Å². The number of rotatable bonds is 15. The molecule has 2 atom stereocenters. The number of aromatic nitrogens is 3. The number of carbonyl (C=O) groups is 2. The van der Waals surface area contributed by atoms with E-state index in [9.17, 15) is 14.7 Å². The lowest BCUT2D eigenvalue weighted by Crippen LogP contribution is -2.38. The maximum Gasteiger partial charge on any atom is 0.322 e. The van der Waals surface area contributed by atoms with Crippen LogP contribution in [-0.4, -0.2) is 78.5 Å². The number of aliphatic hydroxyl groups excluding tert-OH is 1. The van der Waals surface area contributed by atoms with Gasteiger partial charge >= 0.3 is 5.97 Å². The van der Waals surface area contributed by atoms with Gasteiger partial charge in [-0.3, -0.25) is 24.9 Å². The number of hydrogen-bond donors (Lipinski definition) is 4. The minimum absolute atomic E-state index is 0.0852. The van der Waals surface area contributed by atoms with Crippen LogP contribution in [0.1, 0.15) is 30.5 Å². The summed E-state index contributed by atoms with van der Waals surface area (Å²) in [5.41, 5.74) is 5.21. The first-order valence-electron chi connectivity index (χ1n) is 15.7. The number of pyridine rings is 3. The normalized spacial score (nSPS) is 14.7. The van der Waals surface area contributed by atoms with Gasteiger partial charge < -0.3 is 30.0 Å². The zero-order chi connectivity index (χ0) is 34.9. The highest BCUT2D eigenvalue weighted by Gasteiger charge is 2.22. The van der Waals surface area contributed by atoms with Crippen LogP contribution < -0.4 is 25.4 Å². The van der Waals surface area contributed by atoms with E-state index in [4.69, 9.17) is 42.4 Å². The number of halogens is 2. The average molecular weight is 710 g/mol. The quantitative estimate of drug-likeness (QED) is 0.128. The molecule has 0 aliphatic carbocycles. The number of esters is 1. The minimum atomic E-state index is -0.696. The van der Waals surface area contributed by atoms with Gasteiger partial charge in [0, 0.05) is 78.9 Å². The van der Waals surface area contributed by atoms with Crippen LogP contribution in [0.25, 0.3) is 33.6 Å². The zero-order valence-electron chi connectivity index (χ0n) is 27.4. The van der Waals surface area contributed by atoms with Crippen LogP contribution >= 0.6 is 23.2 Å². The maximum atomic E-state index is 12.1. The second-order valence-corrected chi connectivity index (χ2v) is 12.1. The Kier molecular flexibility index (Phi) is 12.4. The number of benzene rings is 1. The van der Waals surface area contributed by atoms with Crippen LogP contribution in [0.5, 0.6) is 11.6 Å². The van der Waals surface area contributed by atoms with E-state index < -0.39 is 12.0 Å². The number of carbonyl (C=O) groups excluding carboxylic acids is 2. The van der Waals surface area contributed by atoms with E-state index in [0.717, 1.165) is 12.0 Å². The first-order chi connectivity index (χ1) is 23.8. The van der Waals surface area contributed by atoms with Crippen molar-refractivity contribution in [2.75, 3.05) is 34.5 Å². The van der Waals surface area contributed by atoms with Crippen molar-refractivity contribution >= 4 is 35.1 Å². The molecule has 1 fully saturated rings. The number of nitrogens with zero attached hydrogens (tertiary/aromatic N) is 3. The van der Waals surface area contributed by atoms with Gasteiger partial charge in [0.25, 0.3) is 0 Å². The number of methoxy groups -OCH3 is 3. The molecule has 0 spiro atoms. The summed E-state index contributed by atoms with van der Waals surface area (Å²) in [5.74, 6) is 0.542. The molecule has 0 bridgehead atoms. The lowest BCUT2D eigenvalue weighted by molar-refractivity contribution is -0.143. The average Bonchev–Trinajstić information content (AvgIpc) is 3.54. The van der Waals surface area contributed by atoms with Crippen LogP contribution in [0, 0.1) is 0 Å². The second kappa shape index (κ2) is 16.9. The molecule has 4 heterocycles. The molecule has 49 heavy (non-hydrogen) atoms.